The van der Waals surface area contributed by atoms with Crippen LogP contribution in [-0.2, 0) is 4.79 Å². The van der Waals surface area contributed by atoms with Gasteiger partial charge in [-0.2, -0.15) is 0 Å². The average Bonchev–Trinajstić information content (AvgIpc) is 2.44. The zero-order valence-electron chi connectivity index (χ0n) is 14.1. The number of nitrogens with one attached hydrogen (secondary N) is 2. The number of unbranched alkanes of at least 4 members (excludes halogenated alkanes) is 1. The van der Waals surface area contributed by atoms with Gasteiger partial charge in [-0.1, -0.05) is 0 Å². The van der Waals surface area contributed by atoms with E-state index in [0.717, 1.165) is 37.1 Å². The van der Waals surface area contributed by atoms with Gasteiger partial charge in [0.25, 0.3) is 0 Å². The molecule has 0 heterocycles. The first kappa shape index (κ1) is 16.6. The van der Waals surface area contributed by atoms with Crippen LogP contribution in [0.4, 0.5) is 4.79 Å². The lowest BCUT2D eigenvalue weighted by atomic mass is 9.49. The van der Waals surface area contributed by atoms with Crippen LogP contribution in [0.5, 0.6) is 0 Å². The van der Waals surface area contributed by atoms with Gasteiger partial charge in [-0.05, 0) is 81.0 Å². The van der Waals surface area contributed by atoms with Crippen LogP contribution in [0.2, 0.25) is 0 Å². The topological polar surface area (TPSA) is 84.2 Å². The molecule has 0 aromatic rings. The Hall–Kier alpha value is -1.26. The van der Waals surface area contributed by atoms with Gasteiger partial charge in [0, 0.05) is 19.5 Å². The minimum atomic E-state index is -0.495. The molecule has 4 rings (SSSR count). The highest BCUT2D eigenvalue weighted by molar-refractivity contribution is 5.75. The van der Waals surface area contributed by atoms with Crippen LogP contribution in [0, 0.1) is 23.2 Å². The van der Waals surface area contributed by atoms with Crippen LogP contribution in [-0.4, -0.2) is 25.0 Å². The van der Waals surface area contributed by atoms with Gasteiger partial charge in [-0.25, -0.2) is 4.79 Å². The van der Waals surface area contributed by atoms with Crippen molar-refractivity contribution in [1.82, 2.24) is 10.6 Å². The van der Waals surface area contributed by atoms with E-state index in [2.05, 4.69) is 10.6 Å². The lowest BCUT2D eigenvalue weighted by Gasteiger charge is -2.57. The molecule has 3 amide bonds. The molecule has 0 spiro atoms. The molecule has 0 aliphatic heterocycles. The van der Waals surface area contributed by atoms with Crippen molar-refractivity contribution in [2.24, 2.45) is 28.9 Å². The Kier molecular flexibility index (Phi) is 5.12. The maximum atomic E-state index is 11.9. The third kappa shape index (κ3) is 4.39. The Bertz CT molecular complexity index is 414. The van der Waals surface area contributed by atoms with Gasteiger partial charge in [0.2, 0.25) is 5.91 Å². The fourth-order valence-electron chi connectivity index (χ4n) is 5.77. The Morgan fingerprint density at radius 1 is 0.913 bits per heavy atom. The largest absolute Gasteiger partial charge is 0.356 e. The number of primary amides is 1. The van der Waals surface area contributed by atoms with Crippen molar-refractivity contribution in [2.45, 2.75) is 64.2 Å². The molecule has 130 valence electrons. The van der Waals surface area contributed by atoms with E-state index < -0.39 is 6.03 Å². The molecule has 0 unspecified atom stereocenters. The maximum absolute atomic E-state index is 11.9. The van der Waals surface area contributed by atoms with E-state index in [1.807, 2.05) is 0 Å². The summed E-state index contributed by atoms with van der Waals surface area (Å²) in [7, 11) is 0. The first-order chi connectivity index (χ1) is 11.0. The van der Waals surface area contributed by atoms with Gasteiger partial charge in [0.05, 0.1) is 0 Å². The van der Waals surface area contributed by atoms with Gasteiger partial charge in [-0.3, -0.25) is 4.79 Å². The van der Waals surface area contributed by atoms with E-state index >= 15 is 0 Å². The van der Waals surface area contributed by atoms with E-state index in [1.54, 1.807) is 0 Å². The predicted molar refractivity (Wildman–Crippen MR) is 89.7 cm³/mol. The minimum absolute atomic E-state index is 0.147. The minimum Gasteiger partial charge on any atom is -0.356 e. The molecule has 0 radical (unpaired) electrons. The quantitative estimate of drug-likeness (QED) is 0.600. The van der Waals surface area contributed by atoms with Crippen molar-refractivity contribution in [3.8, 4) is 0 Å². The fourth-order valence-corrected chi connectivity index (χ4v) is 5.77. The molecule has 0 aromatic carbocycles. The van der Waals surface area contributed by atoms with Crippen LogP contribution in [0.15, 0.2) is 0 Å². The van der Waals surface area contributed by atoms with Crippen molar-refractivity contribution in [2.75, 3.05) is 13.1 Å². The number of nitrogens with two attached hydrogens (primary N) is 1. The highest BCUT2D eigenvalue weighted by Gasteiger charge is 2.50. The molecule has 5 nitrogen and oxygen atoms in total. The molecule has 0 saturated heterocycles. The van der Waals surface area contributed by atoms with E-state index in [4.69, 9.17) is 5.73 Å². The molecular weight excluding hydrogens is 290 g/mol. The molecule has 4 bridgehead atoms. The number of hydrogen-bond acceptors (Lipinski definition) is 2. The second-order valence-electron chi connectivity index (χ2n) is 8.27. The number of amides is 3. The number of carbonyl (C=O) groups excluding carboxylic acids is 2. The lowest BCUT2D eigenvalue weighted by Crippen LogP contribution is -2.47. The Morgan fingerprint density at radius 3 is 2.09 bits per heavy atom. The third-order valence-corrected chi connectivity index (χ3v) is 6.27. The normalized spacial score (nSPS) is 34.3. The first-order valence-electron chi connectivity index (χ1n) is 9.35. The summed E-state index contributed by atoms with van der Waals surface area (Å²) in [6, 6.07) is -0.495. The Balaban J connectivity index is 1.30. The SMILES string of the molecule is NC(=O)NCCCCC(=O)NCCC12CC3CC(CC(C3)C1)C2. The van der Waals surface area contributed by atoms with Crippen LogP contribution in [0.1, 0.15) is 64.2 Å². The molecule has 0 aromatic heterocycles. The lowest BCUT2D eigenvalue weighted by molar-refractivity contribution is -0.121. The monoisotopic (exact) mass is 321 g/mol. The zero-order chi connectivity index (χ0) is 16.3. The second kappa shape index (κ2) is 7.10. The second-order valence-corrected chi connectivity index (χ2v) is 8.27. The van der Waals surface area contributed by atoms with E-state index in [-0.39, 0.29) is 5.91 Å². The fraction of sp³-hybridized carbons (Fsp3) is 0.889. The molecule has 4 fully saturated rings. The van der Waals surface area contributed by atoms with Crippen molar-refractivity contribution in [3.05, 3.63) is 0 Å². The smallest absolute Gasteiger partial charge is 0.312 e. The summed E-state index contributed by atoms with van der Waals surface area (Å²) in [6.45, 7) is 1.39. The van der Waals surface area contributed by atoms with Gasteiger partial charge >= 0.3 is 6.03 Å². The average molecular weight is 321 g/mol. The van der Waals surface area contributed by atoms with Crippen LogP contribution in [0.25, 0.3) is 0 Å². The maximum Gasteiger partial charge on any atom is 0.312 e. The van der Waals surface area contributed by atoms with E-state index in [1.165, 1.54) is 44.9 Å². The molecule has 4 N–H and O–H groups in total. The van der Waals surface area contributed by atoms with Gasteiger partial charge < -0.3 is 16.4 Å². The number of carbonyl (C=O) groups is 2. The summed E-state index contributed by atoms with van der Waals surface area (Å²) < 4.78 is 0. The van der Waals surface area contributed by atoms with Gasteiger partial charge in [-0.15, -0.1) is 0 Å². The Labute approximate surface area is 139 Å². The van der Waals surface area contributed by atoms with E-state index in [0.29, 0.717) is 18.4 Å². The van der Waals surface area contributed by atoms with Crippen molar-refractivity contribution in [1.29, 1.82) is 0 Å². The summed E-state index contributed by atoms with van der Waals surface area (Å²) in [6.07, 6.45) is 12.0. The number of rotatable bonds is 8. The predicted octanol–water partition coefficient (Wildman–Crippen LogP) is 2.55. The zero-order valence-corrected chi connectivity index (χ0v) is 14.1. The molecule has 0 atom stereocenters. The molecule has 5 heteroatoms. The van der Waals surface area contributed by atoms with Crippen molar-refractivity contribution in [3.63, 3.8) is 0 Å². The van der Waals surface area contributed by atoms with Crippen molar-refractivity contribution < 1.29 is 9.59 Å². The molecule has 4 aliphatic rings. The first-order valence-corrected chi connectivity index (χ1v) is 9.35. The van der Waals surface area contributed by atoms with Gasteiger partial charge in [0.1, 0.15) is 0 Å². The summed E-state index contributed by atoms with van der Waals surface area (Å²) in [4.78, 5) is 22.4. The highest BCUT2D eigenvalue weighted by atomic mass is 16.2. The Morgan fingerprint density at radius 2 is 1.52 bits per heavy atom. The molecule has 23 heavy (non-hydrogen) atoms. The summed E-state index contributed by atoms with van der Waals surface area (Å²) in [5.74, 6) is 3.09. The number of urea groups is 1. The molecule has 4 aliphatic carbocycles. The standard InChI is InChI=1S/C18H31N3O2/c19-17(23)21-5-2-1-3-16(22)20-6-4-18-10-13-7-14(11-18)9-15(8-13)12-18/h13-15H,1-12H2,(H,20,22)(H3,19,21,23). The van der Waals surface area contributed by atoms with Gasteiger partial charge in [0.15, 0.2) is 0 Å². The summed E-state index contributed by atoms with van der Waals surface area (Å²) in [5, 5.41) is 5.65. The van der Waals surface area contributed by atoms with Crippen molar-refractivity contribution >= 4 is 11.9 Å². The van der Waals surface area contributed by atoms with E-state index in [9.17, 15) is 9.59 Å². The highest BCUT2D eigenvalue weighted by Crippen LogP contribution is 2.61. The summed E-state index contributed by atoms with van der Waals surface area (Å²) >= 11 is 0. The summed E-state index contributed by atoms with van der Waals surface area (Å²) in [5.41, 5.74) is 5.54. The molecular formula is C18H31N3O2. The van der Waals surface area contributed by atoms with Crippen LogP contribution >= 0.6 is 0 Å². The van der Waals surface area contributed by atoms with Crippen LogP contribution in [0.3, 0.4) is 0 Å². The molecule has 4 saturated carbocycles. The number of hydrogen-bond donors (Lipinski definition) is 3. The third-order valence-electron chi connectivity index (χ3n) is 6.27. The van der Waals surface area contributed by atoms with Crippen LogP contribution < -0.4 is 16.4 Å².